The molecule has 0 aromatic heterocycles. The van der Waals surface area contributed by atoms with E-state index in [0.29, 0.717) is 18.9 Å². The van der Waals surface area contributed by atoms with Crippen LogP contribution >= 0.6 is 0 Å². The maximum atomic E-state index is 12.2. The van der Waals surface area contributed by atoms with E-state index < -0.39 is 0 Å². The number of nitrogens with one attached hydrogen (secondary N) is 1. The minimum absolute atomic E-state index is 0.0954. The monoisotopic (exact) mass is 261 g/mol. The molecule has 1 saturated heterocycles. The summed E-state index contributed by atoms with van der Waals surface area (Å²) in [5.74, 6) is 0.532. The molecule has 2 atom stereocenters. The smallest absolute Gasteiger partial charge is 0.242 e. The van der Waals surface area contributed by atoms with Crippen LogP contribution in [-0.4, -0.2) is 31.6 Å². The van der Waals surface area contributed by atoms with E-state index in [-0.39, 0.29) is 11.9 Å². The molecule has 0 bridgehead atoms. The minimum atomic E-state index is -0.156. The molecule has 1 aliphatic heterocycles. The Labute approximate surface area is 115 Å². The molecule has 1 fully saturated rings. The van der Waals surface area contributed by atoms with Crippen LogP contribution in [0.2, 0.25) is 0 Å². The maximum Gasteiger partial charge on any atom is 0.242 e. The average Bonchev–Trinajstić information content (AvgIpc) is 2.53. The largest absolute Gasteiger partial charge is 0.359 e. The Morgan fingerprint density at radius 2 is 2.16 bits per heavy atom. The SMILES string of the molecule is Cc1ccccc1N1CC(C)CNC(=O)C1CCN. The van der Waals surface area contributed by atoms with E-state index in [2.05, 4.69) is 36.2 Å². The molecule has 0 spiro atoms. The van der Waals surface area contributed by atoms with Crippen molar-refractivity contribution in [2.45, 2.75) is 26.3 Å². The number of carbonyl (C=O) groups excluding carboxylic acids is 1. The van der Waals surface area contributed by atoms with Crippen LogP contribution in [0.15, 0.2) is 24.3 Å². The van der Waals surface area contributed by atoms with E-state index in [1.165, 1.54) is 5.56 Å². The molecule has 1 aromatic rings. The first-order valence-corrected chi connectivity index (χ1v) is 6.93. The average molecular weight is 261 g/mol. The summed E-state index contributed by atoms with van der Waals surface area (Å²) >= 11 is 0. The third kappa shape index (κ3) is 3.07. The van der Waals surface area contributed by atoms with E-state index in [1.807, 2.05) is 12.1 Å². The van der Waals surface area contributed by atoms with E-state index in [1.54, 1.807) is 0 Å². The number of rotatable bonds is 3. The van der Waals surface area contributed by atoms with Gasteiger partial charge in [-0.25, -0.2) is 0 Å². The molecule has 0 aliphatic carbocycles. The van der Waals surface area contributed by atoms with Gasteiger partial charge < -0.3 is 16.0 Å². The van der Waals surface area contributed by atoms with Gasteiger partial charge in [0.05, 0.1) is 0 Å². The summed E-state index contributed by atoms with van der Waals surface area (Å²) in [5.41, 5.74) is 8.02. The van der Waals surface area contributed by atoms with Gasteiger partial charge in [-0.05, 0) is 37.4 Å². The van der Waals surface area contributed by atoms with Crippen LogP contribution in [0.3, 0.4) is 0 Å². The molecule has 2 unspecified atom stereocenters. The topological polar surface area (TPSA) is 58.4 Å². The lowest BCUT2D eigenvalue weighted by Crippen LogP contribution is -2.46. The predicted octanol–water partition coefficient (Wildman–Crippen LogP) is 1.28. The first-order chi connectivity index (χ1) is 9.13. The van der Waals surface area contributed by atoms with Crippen molar-refractivity contribution in [1.82, 2.24) is 5.32 Å². The molecule has 0 saturated carbocycles. The Kier molecular flexibility index (Phi) is 4.43. The quantitative estimate of drug-likeness (QED) is 0.862. The number of anilines is 1. The van der Waals surface area contributed by atoms with E-state index in [9.17, 15) is 4.79 Å². The van der Waals surface area contributed by atoms with Crippen molar-refractivity contribution < 1.29 is 4.79 Å². The fourth-order valence-electron chi connectivity index (χ4n) is 2.66. The van der Waals surface area contributed by atoms with Gasteiger partial charge in [-0.1, -0.05) is 25.1 Å². The molecular weight excluding hydrogens is 238 g/mol. The molecule has 0 radical (unpaired) electrons. The van der Waals surface area contributed by atoms with Gasteiger partial charge in [-0.15, -0.1) is 0 Å². The molecule has 104 valence electrons. The fraction of sp³-hybridized carbons (Fsp3) is 0.533. The second-order valence-corrected chi connectivity index (χ2v) is 5.38. The van der Waals surface area contributed by atoms with E-state index >= 15 is 0 Å². The minimum Gasteiger partial charge on any atom is -0.359 e. The lowest BCUT2D eigenvalue weighted by atomic mass is 10.1. The van der Waals surface area contributed by atoms with Crippen molar-refractivity contribution in [3.8, 4) is 0 Å². The first kappa shape index (κ1) is 13.9. The van der Waals surface area contributed by atoms with Crippen LogP contribution in [0.1, 0.15) is 18.9 Å². The Hall–Kier alpha value is -1.55. The van der Waals surface area contributed by atoms with Gasteiger partial charge in [0.1, 0.15) is 6.04 Å². The zero-order valence-corrected chi connectivity index (χ0v) is 11.7. The summed E-state index contributed by atoms with van der Waals surface area (Å²) in [7, 11) is 0. The molecule has 1 amide bonds. The van der Waals surface area contributed by atoms with Gasteiger partial charge in [0.25, 0.3) is 0 Å². The number of hydrogen-bond acceptors (Lipinski definition) is 3. The number of benzene rings is 1. The Morgan fingerprint density at radius 1 is 1.42 bits per heavy atom. The van der Waals surface area contributed by atoms with E-state index in [0.717, 1.165) is 18.8 Å². The summed E-state index contributed by atoms with van der Waals surface area (Å²) in [4.78, 5) is 14.5. The van der Waals surface area contributed by atoms with E-state index in [4.69, 9.17) is 5.73 Å². The highest BCUT2D eigenvalue weighted by Crippen LogP contribution is 2.25. The predicted molar refractivity (Wildman–Crippen MR) is 78.2 cm³/mol. The molecule has 4 nitrogen and oxygen atoms in total. The molecule has 4 heteroatoms. The lowest BCUT2D eigenvalue weighted by Gasteiger charge is -2.32. The Balaban J connectivity index is 2.36. The first-order valence-electron chi connectivity index (χ1n) is 6.93. The highest BCUT2D eigenvalue weighted by molar-refractivity contribution is 5.86. The molecular formula is C15H23N3O. The van der Waals surface area contributed by atoms with Gasteiger partial charge in [0, 0.05) is 18.8 Å². The highest BCUT2D eigenvalue weighted by atomic mass is 16.2. The van der Waals surface area contributed by atoms with Gasteiger partial charge in [0.15, 0.2) is 0 Å². The summed E-state index contributed by atoms with van der Waals surface area (Å²) in [6.07, 6.45) is 0.687. The molecule has 19 heavy (non-hydrogen) atoms. The number of nitrogens with two attached hydrogens (primary N) is 1. The van der Waals surface area contributed by atoms with Gasteiger partial charge in [0.2, 0.25) is 5.91 Å². The molecule has 1 heterocycles. The summed E-state index contributed by atoms with van der Waals surface area (Å²) in [6.45, 7) is 6.39. The lowest BCUT2D eigenvalue weighted by molar-refractivity contribution is -0.122. The van der Waals surface area contributed by atoms with Crippen LogP contribution in [0, 0.1) is 12.8 Å². The molecule has 3 N–H and O–H groups in total. The van der Waals surface area contributed by atoms with Gasteiger partial charge >= 0.3 is 0 Å². The summed E-state index contributed by atoms with van der Waals surface area (Å²) in [6, 6.07) is 8.07. The standard InChI is InChI=1S/C15H23N3O/c1-11-9-17-15(19)14(7-8-16)18(10-11)13-6-4-3-5-12(13)2/h3-6,11,14H,7-10,16H2,1-2H3,(H,17,19). The fourth-order valence-corrected chi connectivity index (χ4v) is 2.66. The number of para-hydroxylation sites is 1. The third-order valence-corrected chi connectivity index (χ3v) is 3.68. The Bertz CT molecular complexity index is 447. The normalized spacial score (nSPS) is 23.9. The van der Waals surface area contributed by atoms with Crippen LogP contribution in [0.4, 0.5) is 5.69 Å². The van der Waals surface area contributed by atoms with Crippen molar-refractivity contribution in [2.24, 2.45) is 11.7 Å². The number of nitrogens with zero attached hydrogens (tertiary/aromatic N) is 1. The molecule has 2 rings (SSSR count). The van der Waals surface area contributed by atoms with Crippen LogP contribution < -0.4 is 16.0 Å². The van der Waals surface area contributed by atoms with Crippen LogP contribution in [0.5, 0.6) is 0 Å². The zero-order valence-electron chi connectivity index (χ0n) is 11.7. The second-order valence-electron chi connectivity index (χ2n) is 5.38. The second kappa shape index (κ2) is 6.06. The van der Waals surface area contributed by atoms with Crippen molar-refractivity contribution in [3.63, 3.8) is 0 Å². The zero-order chi connectivity index (χ0) is 13.8. The van der Waals surface area contributed by atoms with Crippen LogP contribution in [-0.2, 0) is 4.79 Å². The highest BCUT2D eigenvalue weighted by Gasteiger charge is 2.30. The number of aryl methyl sites for hydroxylation is 1. The maximum absolute atomic E-state index is 12.2. The van der Waals surface area contributed by atoms with Crippen molar-refractivity contribution in [2.75, 3.05) is 24.5 Å². The number of hydrogen-bond donors (Lipinski definition) is 2. The number of amides is 1. The number of carbonyl (C=O) groups is 1. The van der Waals surface area contributed by atoms with Crippen molar-refractivity contribution >= 4 is 11.6 Å². The van der Waals surface area contributed by atoms with Crippen molar-refractivity contribution in [1.29, 1.82) is 0 Å². The molecule has 1 aromatic carbocycles. The molecule has 1 aliphatic rings. The van der Waals surface area contributed by atoms with Crippen molar-refractivity contribution in [3.05, 3.63) is 29.8 Å². The Morgan fingerprint density at radius 3 is 2.84 bits per heavy atom. The third-order valence-electron chi connectivity index (χ3n) is 3.68. The van der Waals surface area contributed by atoms with Gasteiger partial charge in [-0.2, -0.15) is 0 Å². The van der Waals surface area contributed by atoms with Gasteiger partial charge in [-0.3, -0.25) is 4.79 Å². The summed E-state index contributed by atoms with van der Waals surface area (Å²) < 4.78 is 0. The summed E-state index contributed by atoms with van der Waals surface area (Å²) in [5, 5.41) is 3.01. The van der Waals surface area contributed by atoms with Crippen LogP contribution in [0.25, 0.3) is 0 Å².